The highest BCUT2D eigenvalue weighted by Crippen LogP contribution is 2.45. The summed E-state index contributed by atoms with van der Waals surface area (Å²) in [4.78, 5) is 13.0. The summed E-state index contributed by atoms with van der Waals surface area (Å²) in [5, 5.41) is 0. The molecule has 6 heteroatoms. The number of esters is 1. The predicted octanol–water partition coefficient (Wildman–Crippen LogP) is 6.77. The SMILES string of the molecule is CC(C)(C)c1ccc(C(=O)Oc2cc(C3CCCC3)c(S(=O)(=O)O)c(C3CCCC3)c2)cc1. The van der Waals surface area contributed by atoms with Crippen molar-refractivity contribution in [2.45, 2.75) is 94.3 Å². The fourth-order valence-electron chi connectivity index (χ4n) is 5.36. The molecular formula is C27H34O5S. The van der Waals surface area contributed by atoms with Gasteiger partial charge in [-0.2, -0.15) is 8.42 Å². The Bertz CT molecular complexity index is 1080. The van der Waals surface area contributed by atoms with Crippen molar-refractivity contribution in [1.29, 1.82) is 0 Å². The Labute approximate surface area is 197 Å². The zero-order chi connectivity index (χ0) is 23.8. The molecule has 33 heavy (non-hydrogen) atoms. The summed E-state index contributed by atoms with van der Waals surface area (Å²) < 4.78 is 41.0. The molecule has 2 fully saturated rings. The molecule has 2 saturated carbocycles. The maximum atomic E-state index is 12.9. The topological polar surface area (TPSA) is 80.7 Å². The summed E-state index contributed by atoms with van der Waals surface area (Å²) in [6.45, 7) is 6.35. The third-order valence-electron chi connectivity index (χ3n) is 7.17. The number of carbonyl (C=O) groups is 1. The van der Waals surface area contributed by atoms with Gasteiger partial charge in [-0.3, -0.25) is 4.55 Å². The molecule has 0 aliphatic heterocycles. The van der Waals surface area contributed by atoms with Crippen molar-refractivity contribution in [2.75, 3.05) is 0 Å². The van der Waals surface area contributed by atoms with E-state index in [1.165, 1.54) is 0 Å². The maximum absolute atomic E-state index is 12.9. The van der Waals surface area contributed by atoms with E-state index in [4.69, 9.17) is 4.74 Å². The first-order valence-corrected chi connectivity index (χ1v) is 13.5. The van der Waals surface area contributed by atoms with Gasteiger partial charge in [-0.25, -0.2) is 4.79 Å². The van der Waals surface area contributed by atoms with Crippen molar-refractivity contribution in [3.63, 3.8) is 0 Å². The Morgan fingerprint density at radius 2 is 1.33 bits per heavy atom. The minimum atomic E-state index is -4.40. The van der Waals surface area contributed by atoms with Gasteiger partial charge >= 0.3 is 5.97 Å². The highest BCUT2D eigenvalue weighted by atomic mass is 32.2. The lowest BCUT2D eigenvalue weighted by molar-refractivity contribution is 0.0734. The molecule has 0 unspecified atom stereocenters. The van der Waals surface area contributed by atoms with Crippen molar-refractivity contribution in [2.24, 2.45) is 0 Å². The molecule has 4 rings (SSSR count). The van der Waals surface area contributed by atoms with Crippen molar-refractivity contribution >= 4 is 16.1 Å². The molecule has 0 heterocycles. The maximum Gasteiger partial charge on any atom is 0.343 e. The number of ether oxygens (including phenoxy) is 1. The molecule has 2 aromatic carbocycles. The van der Waals surface area contributed by atoms with Crippen LogP contribution in [0, 0.1) is 0 Å². The van der Waals surface area contributed by atoms with Gasteiger partial charge in [0.15, 0.2) is 0 Å². The Morgan fingerprint density at radius 3 is 1.73 bits per heavy atom. The van der Waals surface area contributed by atoms with E-state index in [-0.39, 0.29) is 22.1 Å². The number of rotatable bonds is 5. The molecule has 178 valence electrons. The molecule has 2 aliphatic carbocycles. The molecule has 1 N–H and O–H groups in total. The third kappa shape index (κ3) is 5.33. The van der Waals surface area contributed by atoms with Crippen molar-refractivity contribution in [3.8, 4) is 5.75 Å². The molecule has 0 aromatic heterocycles. The van der Waals surface area contributed by atoms with E-state index >= 15 is 0 Å². The lowest BCUT2D eigenvalue weighted by atomic mass is 9.87. The average molecular weight is 471 g/mol. The summed E-state index contributed by atoms with van der Waals surface area (Å²) in [5.41, 5.74) is 2.77. The quantitative estimate of drug-likeness (QED) is 0.296. The number of benzene rings is 2. The Hall–Kier alpha value is -2.18. The van der Waals surface area contributed by atoms with Crippen LogP contribution < -0.4 is 4.74 Å². The standard InChI is InChI=1S/C27H34O5S/c1-27(2,3)21-14-12-20(13-15-21)26(28)32-22-16-23(18-8-4-5-9-18)25(33(29,30)31)24(17-22)19-10-6-7-11-19/h12-19H,4-11H2,1-3H3,(H,29,30,31). The van der Waals surface area contributed by atoms with Crippen LogP contribution in [0.1, 0.15) is 111 Å². The minimum Gasteiger partial charge on any atom is -0.423 e. The summed E-state index contributed by atoms with van der Waals surface area (Å²) in [6, 6.07) is 10.7. The van der Waals surface area contributed by atoms with E-state index in [1.807, 2.05) is 12.1 Å². The Morgan fingerprint density at radius 1 is 0.879 bits per heavy atom. The molecule has 2 aromatic rings. The van der Waals surface area contributed by atoms with Crippen LogP contribution in [0.5, 0.6) is 5.75 Å². The molecule has 0 radical (unpaired) electrons. The second-order valence-electron chi connectivity index (χ2n) is 10.6. The second kappa shape index (κ2) is 9.22. The van der Waals surface area contributed by atoms with Gasteiger partial charge in [-0.05, 0) is 83.9 Å². The van der Waals surface area contributed by atoms with Crippen molar-refractivity contribution in [3.05, 3.63) is 58.7 Å². The predicted molar refractivity (Wildman–Crippen MR) is 129 cm³/mol. The van der Waals surface area contributed by atoms with Crippen LogP contribution in [0.15, 0.2) is 41.3 Å². The van der Waals surface area contributed by atoms with Crippen molar-refractivity contribution in [1.82, 2.24) is 0 Å². The highest BCUT2D eigenvalue weighted by Gasteiger charge is 2.32. The van der Waals surface area contributed by atoms with Crippen LogP contribution in [0.25, 0.3) is 0 Å². The van der Waals surface area contributed by atoms with E-state index in [1.54, 1.807) is 24.3 Å². The summed E-state index contributed by atoms with van der Waals surface area (Å²) in [5.74, 6) is -0.0143. The minimum absolute atomic E-state index is 0.0135. The highest BCUT2D eigenvalue weighted by molar-refractivity contribution is 7.86. The smallest absolute Gasteiger partial charge is 0.343 e. The van der Waals surface area contributed by atoms with Crippen LogP contribution in [-0.2, 0) is 15.5 Å². The lowest BCUT2D eigenvalue weighted by Gasteiger charge is -2.22. The Kier molecular flexibility index (Phi) is 6.70. The first-order chi connectivity index (χ1) is 15.5. The van der Waals surface area contributed by atoms with E-state index in [9.17, 15) is 17.8 Å². The third-order valence-corrected chi connectivity index (χ3v) is 8.15. The van der Waals surface area contributed by atoms with Gasteiger partial charge in [0.1, 0.15) is 10.6 Å². The van der Waals surface area contributed by atoms with E-state index in [0.717, 1.165) is 56.9 Å². The van der Waals surface area contributed by atoms with Crippen LogP contribution >= 0.6 is 0 Å². The number of hydrogen-bond acceptors (Lipinski definition) is 4. The van der Waals surface area contributed by atoms with Crippen molar-refractivity contribution < 1.29 is 22.5 Å². The van der Waals surface area contributed by atoms with Crippen LogP contribution in [-0.4, -0.2) is 18.9 Å². The van der Waals surface area contributed by atoms with E-state index < -0.39 is 16.1 Å². The number of hydrogen-bond donors (Lipinski definition) is 1. The molecule has 5 nitrogen and oxygen atoms in total. The molecule has 0 saturated heterocycles. The van der Waals surface area contributed by atoms with Crippen LogP contribution in [0.3, 0.4) is 0 Å². The molecular weight excluding hydrogens is 436 g/mol. The summed E-state index contributed by atoms with van der Waals surface area (Å²) >= 11 is 0. The summed E-state index contributed by atoms with van der Waals surface area (Å²) in [7, 11) is -4.40. The Balaban J connectivity index is 1.73. The zero-order valence-corrected chi connectivity index (χ0v) is 20.6. The lowest BCUT2D eigenvalue weighted by Crippen LogP contribution is -2.15. The van der Waals surface area contributed by atoms with Gasteiger partial charge in [-0.15, -0.1) is 0 Å². The fourth-order valence-corrected chi connectivity index (χ4v) is 6.40. The first kappa shape index (κ1) is 24.0. The van der Waals surface area contributed by atoms with Gasteiger partial charge in [-0.1, -0.05) is 58.6 Å². The molecule has 0 spiro atoms. The van der Waals surface area contributed by atoms with E-state index in [2.05, 4.69) is 20.8 Å². The van der Waals surface area contributed by atoms with Gasteiger partial charge in [0.25, 0.3) is 10.1 Å². The first-order valence-electron chi connectivity index (χ1n) is 12.0. The van der Waals surface area contributed by atoms with Gasteiger partial charge in [0.05, 0.1) is 5.56 Å². The summed E-state index contributed by atoms with van der Waals surface area (Å²) in [6.07, 6.45) is 7.60. The molecule has 0 bridgehead atoms. The number of carbonyl (C=O) groups excluding carboxylic acids is 1. The second-order valence-corrected chi connectivity index (χ2v) is 11.9. The van der Waals surface area contributed by atoms with Gasteiger partial charge in [0.2, 0.25) is 0 Å². The fraction of sp³-hybridized carbons (Fsp3) is 0.519. The average Bonchev–Trinajstić information content (AvgIpc) is 3.46. The largest absolute Gasteiger partial charge is 0.423 e. The molecule has 2 aliphatic rings. The zero-order valence-electron chi connectivity index (χ0n) is 19.8. The molecule has 0 amide bonds. The van der Waals surface area contributed by atoms with Crippen LogP contribution in [0.4, 0.5) is 0 Å². The van der Waals surface area contributed by atoms with Crippen LogP contribution in [0.2, 0.25) is 0 Å². The van der Waals surface area contributed by atoms with E-state index in [0.29, 0.717) is 22.4 Å². The van der Waals surface area contributed by atoms with Gasteiger partial charge in [0, 0.05) is 0 Å². The molecule has 0 atom stereocenters. The van der Waals surface area contributed by atoms with Gasteiger partial charge < -0.3 is 4.74 Å². The normalized spacial score (nSPS) is 18.1. The monoisotopic (exact) mass is 470 g/mol.